The summed E-state index contributed by atoms with van der Waals surface area (Å²) < 4.78 is 46.5. The lowest BCUT2D eigenvalue weighted by atomic mass is 9.95. The van der Waals surface area contributed by atoms with Gasteiger partial charge in [0.2, 0.25) is 0 Å². The zero-order valence-corrected chi connectivity index (χ0v) is 16.3. The number of fused-ring (bicyclic) bond motifs is 1. The molecule has 3 aromatic rings. The van der Waals surface area contributed by atoms with Gasteiger partial charge in [0.1, 0.15) is 5.65 Å². The molecule has 5 nitrogen and oxygen atoms in total. The van der Waals surface area contributed by atoms with Gasteiger partial charge in [-0.15, -0.1) is 0 Å². The largest absolute Gasteiger partial charge is 0.416 e. The summed E-state index contributed by atoms with van der Waals surface area (Å²) in [6.07, 6.45) is -2.50. The van der Waals surface area contributed by atoms with Crippen molar-refractivity contribution in [3.63, 3.8) is 0 Å². The number of aromatic amines is 1. The second-order valence-corrected chi connectivity index (χ2v) is 7.54. The first-order valence-corrected chi connectivity index (χ1v) is 9.60. The highest BCUT2D eigenvalue weighted by atomic mass is 19.4. The summed E-state index contributed by atoms with van der Waals surface area (Å²) in [5.74, 6) is 0.194. The van der Waals surface area contributed by atoms with Crippen LogP contribution < -0.4 is 5.56 Å². The van der Waals surface area contributed by atoms with Crippen molar-refractivity contribution in [2.24, 2.45) is 0 Å². The molecule has 1 aliphatic heterocycles. The molecule has 4 rings (SSSR count). The molecule has 1 aliphatic rings. The Balaban J connectivity index is 1.79. The molecule has 1 fully saturated rings. The van der Waals surface area contributed by atoms with Crippen LogP contribution in [0, 0.1) is 13.8 Å². The van der Waals surface area contributed by atoms with Crippen LogP contribution in [0.5, 0.6) is 0 Å². The van der Waals surface area contributed by atoms with Gasteiger partial charge in [0, 0.05) is 42.9 Å². The average molecular weight is 405 g/mol. The third kappa shape index (κ3) is 3.69. The lowest BCUT2D eigenvalue weighted by Crippen LogP contribution is -2.21. The molecule has 0 unspecified atom stereocenters. The highest BCUT2D eigenvalue weighted by Gasteiger charge is 2.33. The number of nitrogens with one attached hydrogen (secondary N) is 1. The van der Waals surface area contributed by atoms with E-state index in [1.54, 1.807) is 19.1 Å². The normalized spacial score (nSPS) is 15.9. The summed E-state index contributed by atoms with van der Waals surface area (Å²) in [6, 6.07) is 5.76. The summed E-state index contributed by atoms with van der Waals surface area (Å²) in [7, 11) is 0. The van der Waals surface area contributed by atoms with Crippen LogP contribution in [0.4, 0.5) is 13.2 Å². The topological polar surface area (TPSA) is 59.4 Å². The van der Waals surface area contributed by atoms with E-state index in [0.717, 1.165) is 30.2 Å². The Bertz CT molecular complexity index is 1110. The van der Waals surface area contributed by atoms with E-state index in [2.05, 4.69) is 10.1 Å². The van der Waals surface area contributed by atoms with Crippen molar-refractivity contribution in [2.75, 3.05) is 13.2 Å². The molecule has 0 atom stereocenters. The van der Waals surface area contributed by atoms with E-state index in [9.17, 15) is 18.0 Å². The van der Waals surface area contributed by atoms with E-state index >= 15 is 0 Å². The number of aromatic nitrogens is 3. The highest BCUT2D eigenvalue weighted by Crippen LogP contribution is 2.34. The Kier molecular flexibility index (Phi) is 4.98. The van der Waals surface area contributed by atoms with Crippen molar-refractivity contribution < 1.29 is 17.9 Å². The predicted molar refractivity (Wildman–Crippen MR) is 102 cm³/mol. The Morgan fingerprint density at radius 1 is 1.24 bits per heavy atom. The SMILES string of the molecule is Cc1nn2c(=O)cc(C3CCOCC3)[nH]c2c1Cc1cccc(C(F)(F)F)c1C. The van der Waals surface area contributed by atoms with Crippen LogP contribution >= 0.6 is 0 Å². The van der Waals surface area contributed by atoms with Crippen molar-refractivity contribution >= 4 is 5.65 Å². The van der Waals surface area contributed by atoms with E-state index < -0.39 is 11.7 Å². The second-order valence-electron chi connectivity index (χ2n) is 7.54. The summed E-state index contributed by atoms with van der Waals surface area (Å²) in [5, 5.41) is 4.32. The fourth-order valence-electron chi connectivity index (χ4n) is 4.03. The summed E-state index contributed by atoms with van der Waals surface area (Å²) in [4.78, 5) is 15.9. The summed E-state index contributed by atoms with van der Waals surface area (Å²) >= 11 is 0. The molecule has 3 heterocycles. The maximum atomic E-state index is 13.3. The van der Waals surface area contributed by atoms with Crippen LogP contribution in [0.15, 0.2) is 29.1 Å². The lowest BCUT2D eigenvalue weighted by molar-refractivity contribution is -0.138. The molecule has 0 bridgehead atoms. The van der Waals surface area contributed by atoms with Crippen molar-refractivity contribution in [3.05, 3.63) is 68.3 Å². The number of benzene rings is 1. The van der Waals surface area contributed by atoms with E-state index in [1.165, 1.54) is 17.5 Å². The molecule has 29 heavy (non-hydrogen) atoms. The van der Waals surface area contributed by atoms with Gasteiger partial charge in [0.15, 0.2) is 0 Å². The van der Waals surface area contributed by atoms with Gasteiger partial charge >= 0.3 is 6.18 Å². The third-order valence-electron chi connectivity index (χ3n) is 5.71. The fraction of sp³-hybridized carbons (Fsp3) is 0.429. The van der Waals surface area contributed by atoms with Gasteiger partial charge in [0.25, 0.3) is 5.56 Å². The number of hydrogen-bond acceptors (Lipinski definition) is 3. The molecular weight excluding hydrogens is 383 g/mol. The number of nitrogens with zero attached hydrogens (tertiary/aromatic N) is 2. The number of rotatable bonds is 3. The number of halogens is 3. The van der Waals surface area contributed by atoms with Crippen molar-refractivity contribution in [3.8, 4) is 0 Å². The van der Waals surface area contributed by atoms with E-state index in [0.29, 0.717) is 30.1 Å². The minimum atomic E-state index is -4.40. The minimum absolute atomic E-state index is 0.194. The number of ether oxygens (including phenoxy) is 1. The van der Waals surface area contributed by atoms with Crippen LogP contribution in [-0.4, -0.2) is 27.8 Å². The molecule has 0 saturated carbocycles. The maximum Gasteiger partial charge on any atom is 0.416 e. The van der Waals surface area contributed by atoms with Crippen molar-refractivity contribution in [1.29, 1.82) is 0 Å². The van der Waals surface area contributed by atoms with Gasteiger partial charge in [-0.2, -0.15) is 22.8 Å². The highest BCUT2D eigenvalue weighted by molar-refractivity contribution is 5.53. The predicted octanol–water partition coefficient (Wildman–Crippen LogP) is 4.14. The molecule has 0 aliphatic carbocycles. The summed E-state index contributed by atoms with van der Waals surface area (Å²) in [5.41, 5.74) is 2.62. The molecule has 1 saturated heterocycles. The minimum Gasteiger partial charge on any atom is -0.381 e. The lowest BCUT2D eigenvalue weighted by Gasteiger charge is -2.22. The van der Waals surface area contributed by atoms with Crippen molar-refractivity contribution in [1.82, 2.24) is 14.6 Å². The van der Waals surface area contributed by atoms with Crippen LogP contribution in [-0.2, 0) is 17.3 Å². The summed E-state index contributed by atoms with van der Waals surface area (Å²) in [6.45, 7) is 4.54. The monoisotopic (exact) mass is 405 g/mol. The van der Waals surface area contributed by atoms with Crippen LogP contribution in [0.2, 0.25) is 0 Å². The van der Waals surface area contributed by atoms with E-state index in [-0.39, 0.29) is 23.5 Å². The quantitative estimate of drug-likeness (QED) is 0.712. The number of hydrogen-bond donors (Lipinski definition) is 1. The number of aryl methyl sites for hydroxylation is 1. The third-order valence-corrected chi connectivity index (χ3v) is 5.71. The first-order valence-electron chi connectivity index (χ1n) is 9.60. The molecule has 1 aromatic carbocycles. The van der Waals surface area contributed by atoms with Gasteiger partial charge in [-0.05, 0) is 43.9 Å². The van der Waals surface area contributed by atoms with Gasteiger partial charge in [-0.3, -0.25) is 4.79 Å². The Hall–Kier alpha value is -2.61. The van der Waals surface area contributed by atoms with Crippen molar-refractivity contribution in [2.45, 2.75) is 45.2 Å². The van der Waals surface area contributed by atoms with Gasteiger partial charge in [-0.1, -0.05) is 12.1 Å². The molecule has 0 spiro atoms. The first-order chi connectivity index (χ1) is 13.8. The van der Waals surface area contributed by atoms with Gasteiger partial charge in [0.05, 0.1) is 11.3 Å². The molecule has 8 heteroatoms. The maximum absolute atomic E-state index is 13.3. The average Bonchev–Trinajstić information content (AvgIpc) is 2.99. The standard InChI is InChI=1S/C21H22F3N3O2/c1-12-15(4-3-5-17(12)21(22,23)24)10-16-13(2)26-27-19(28)11-18(25-20(16)27)14-6-8-29-9-7-14/h3-5,11,14,25H,6-10H2,1-2H3. The second kappa shape index (κ2) is 7.33. The number of H-pyrrole nitrogens is 1. The Morgan fingerprint density at radius 2 is 1.97 bits per heavy atom. The Labute approximate surface area is 165 Å². The van der Waals surface area contributed by atoms with Crippen LogP contribution in [0.1, 0.15) is 52.4 Å². The zero-order chi connectivity index (χ0) is 20.8. The molecule has 1 N–H and O–H groups in total. The molecular formula is C21H22F3N3O2. The molecule has 154 valence electrons. The van der Waals surface area contributed by atoms with E-state index in [1.807, 2.05) is 0 Å². The molecule has 0 amide bonds. The van der Waals surface area contributed by atoms with E-state index in [4.69, 9.17) is 4.74 Å². The van der Waals surface area contributed by atoms with Gasteiger partial charge < -0.3 is 9.72 Å². The molecule has 0 radical (unpaired) electrons. The Morgan fingerprint density at radius 3 is 2.66 bits per heavy atom. The fourth-order valence-corrected chi connectivity index (χ4v) is 4.03. The zero-order valence-electron chi connectivity index (χ0n) is 16.3. The van der Waals surface area contributed by atoms with Crippen LogP contribution in [0.25, 0.3) is 5.65 Å². The van der Waals surface area contributed by atoms with Crippen LogP contribution in [0.3, 0.4) is 0 Å². The first kappa shape index (κ1) is 19.7. The molecule has 2 aromatic heterocycles. The van der Waals surface area contributed by atoms with Gasteiger partial charge in [-0.25, -0.2) is 0 Å². The number of alkyl halides is 3. The smallest absolute Gasteiger partial charge is 0.381 e.